The minimum absolute atomic E-state index is 0. The van der Waals surface area contributed by atoms with Crippen LogP contribution < -0.4 is 10.6 Å². The largest absolute Gasteiger partial charge is 0.377 e. The Labute approximate surface area is 152 Å². The van der Waals surface area contributed by atoms with Crippen LogP contribution in [0.4, 0.5) is 4.39 Å². The number of carbonyl (C=O) groups excluding carboxylic acids is 2. The molecule has 0 bridgehead atoms. The lowest BCUT2D eigenvalue weighted by atomic mass is 10.1. The van der Waals surface area contributed by atoms with Crippen LogP contribution in [0, 0.1) is 5.92 Å². The van der Waals surface area contributed by atoms with Gasteiger partial charge in [-0.1, -0.05) is 13.8 Å². The molecular formula is C17H37FN2O5. The minimum Gasteiger partial charge on any atom is -0.377 e. The second-order valence-corrected chi connectivity index (χ2v) is 6.05. The maximum atomic E-state index is 13.5. The Bertz CT molecular complexity index is 379. The molecule has 0 aliphatic rings. The first kappa shape index (κ1) is 23.8. The van der Waals surface area contributed by atoms with Crippen LogP contribution in [0.25, 0.3) is 0 Å². The normalized spacial score (nSPS) is 13.5. The monoisotopic (exact) mass is 368 g/mol. The summed E-state index contributed by atoms with van der Waals surface area (Å²) in [6, 6.07) is 0. The van der Waals surface area contributed by atoms with Gasteiger partial charge in [-0.05, 0) is 20.3 Å². The summed E-state index contributed by atoms with van der Waals surface area (Å²) < 4.78 is 29.1. The Morgan fingerprint density at radius 2 is 1.76 bits per heavy atom. The highest BCUT2D eigenvalue weighted by atomic mass is 19.1. The van der Waals surface area contributed by atoms with Crippen LogP contribution >= 0.6 is 0 Å². The van der Waals surface area contributed by atoms with E-state index in [0.717, 1.165) is 6.42 Å². The van der Waals surface area contributed by atoms with Crippen molar-refractivity contribution in [1.29, 1.82) is 0 Å². The number of amides is 2. The topological polar surface area (TPSA) is 85.9 Å². The molecule has 0 saturated carbocycles. The van der Waals surface area contributed by atoms with Crippen molar-refractivity contribution in [2.75, 3.05) is 46.1 Å². The highest BCUT2D eigenvalue weighted by molar-refractivity contribution is 5.78. The number of hydrogen-bond donors (Lipinski definition) is 2. The third kappa shape index (κ3) is 14.8. The Balaban J connectivity index is -0.00000288. The fourth-order valence-electron chi connectivity index (χ4n) is 1.62. The van der Waals surface area contributed by atoms with Gasteiger partial charge in [-0.15, -0.1) is 0 Å². The van der Waals surface area contributed by atoms with Crippen LogP contribution in [0.1, 0.15) is 37.0 Å². The van der Waals surface area contributed by atoms with E-state index in [1.807, 2.05) is 20.8 Å². The van der Waals surface area contributed by atoms with Gasteiger partial charge in [0.25, 0.3) is 0 Å². The SMILES string of the molecule is CCC(C)C(=O)NCC(F)COCCOCCNC(=O)COC(C)C.[HH].[HH]. The molecule has 2 atom stereocenters. The lowest BCUT2D eigenvalue weighted by Crippen LogP contribution is -2.35. The van der Waals surface area contributed by atoms with Gasteiger partial charge in [0, 0.05) is 15.3 Å². The van der Waals surface area contributed by atoms with E-state index in [1.165, 1.54) is 0 Å². The van der Waals surface area contributed by atoms with Crippen LogP contribution in [0.5, 0.6) is 0 Å². The Morgan fingerprint density at radius 3 is 2.40 bits per heavy atom. The van der Waals surface area contributed by atoms with Crippen LogP contribution in [0.2, 0.25) is 0 Å². The molecule has 25 heavy (non-hydrogen) atoms. The molecule has 0 aliphatic heterocycles. The van der Waals surface area contributed by atoms with Crippen molar-refractivity contribution < 1.29 is 31.0 Å². The zero-order valence-electron chi connectivity index (χ0n) is 15.8. The average Bonchev–Trinajstić information content (AvgIpc) is 2.59. The number of hydrogen-bond acceptors (Lipinski definition) is 5. The zero-order chi connectivity index (χ0) is 19.1. The summed E-state index contributed by atoms with van der Waals surface area (Å²) in [4.78, 5) is 22.8. The van der Waals surface area contributed by atoms with Gasteiger partial charge in [0.1, 0.15) is 12.8 Å². The van der Waals surface area contributed by atoms with Crippen molar-refractivity contribution in [2.45, 2.75) is 46.4 Å². The molecular weight excluding hydrogens is 331 g/mol. The van der Waals surface area contributed by atoms with Crippen LogP contribution in [-0.4, -0.2) is 70.2 Å². The molecule has 2 N–H and O–H groups in total. The molecule has 0 aliphatic carbocycles. The van der Waals surface area contributed by atoms with Gasteiger partial charge in [-0.25, -0.2) is 4.39 Å². The van der Waals surface area contributed by atoms with Gasteiger partial charge in [0.2, 0.25) is 11.8 Å². The Morgan fingerprint density at radius 1 is 1.08 bits per heavy atom. The van der Waals surface area contributed by atoms with E-state index >= 15 is 0 Å². The highest BCUT2D eigenvalue weighted by Gasteiger charge is 2.13. The fraction of sp³-hybridized carbons (Fsp3) is 0.882. The molecule has 152 valence electrons. The van der Waals surface area contributed by atoms with Crippen molar-refractivity contribution in [2.24, 2.45) is 5.92 Å². The standard InChI is InChI=1S/C17H33FN2O5.2H2/c1-5-14(4)17(22)20-10-15(18)11-24-9-8-23-7-6-19-16(21)12-25-13(2)3;;/h13-15H,5-12H2,1-4H3,(H,19,21)(H,20,22);2*1H. The first-order valence-electron chi connectivity index (χ1n) is 8.82. The molecule has 0 rings (SSSR count). The molecule has 2 amide bonds. The maximum Gasteiger partial charge on any atom is 0.246 e. The van der Waals surface area contributed by atoms with Gasteiger partial charge in [0.15, 0.2) is 0 Å². The second-order valence-electron chi connectivity index (χ2n) is 6.05. The van der Waals surface area contributed by atoms with Gasteiger partial charge in [0.05, 0.1) is 39.1 Å². The number of carbonyl (C=O) groups is 2. The summed E-state index contributed by atoms with van der Waals surface area (Å²) in [5.41, 5.74) is 0. The lowest BCUT2D eigenvalue weighted by Gasteiger charge is -2.13. The molecule has 0 fully saturated rings. The van der Waals surface area contributed by atoms with Crippen molar-refractivity contribution in [3.8, 4) is 0 Å². The van der Waals surface area contributed by atoms with E-state index in [0.29, 0.717) is 19.8 Å². The van der Waals surface area contributed by atoms with E-state index in [-0.39, 0.29) is 53.1 Å². The first-order valence-corrected chi connectivity index (χ1v) is 8.82. The van der Waals surface area contributed by atoms with E-state index in [9.17, 15) is 14.0 Å². The summed E-state index contributed by atoms with van der Waals surface area (Å²) in [5, 5.41) is 5.21. The van der Waals surface area contributed by atoms with Crippen LogP contribution in [0.3, 0.4) is 0 Å². The molecule has 0 spiro atoms. The minimum atomic E-state index is -1.24. The van der Waals surface area contributed by atoms with Crippen LogP contribution in [0.15, 0.2) is 0 Å². The number of alkyl halides is 1. The fourth-order valence-corrected chi connectivity index (χ4v) is 1.62. The predicted octanol–water partition coefficient (Wildman–Crippen LogP) is 1.55. The van der Waals surface area contributed by atoms with Gasteiger partial charge in [-0.3, -0.25) is 9.59 Å². The van der Waals surface area contributed by atoms with Crippen molar-refractivity contribution in [3.05, 3.63) is 0 Å². The third-order valence-corrected chi connectivity index (χ3v) is 3.34. The molecule has 0 aromatic heterocycles. The van der Waals surface area contributed by atoms with E-state index in [4.69, 9.17) is 14.2 Å². The zero-order valence-corrected chi connectivity index (χ0v) is 15.8. The van der Waals surface area contributed by atoms with E-state index in [1.54, 1.807) is 6.92 Å². The average molecular weight is 368 g/mol. The second kappa shape index (κ2) is 15.0. The molecule has 0 aromatic carbocycles. The summed E-state index contributed by atoms with van der Waals surface area (Å²) in [6.45, 7) is 8.62. The maximum absolute atomic E-state index is 13.5. The molecule has 0 heterocycles. The molecule has 0 saturated heterocycles. The summed E-state index contributed by atoms with van der Waals surface area (Å²) >= 11 is 0. The summed E-state index contributed by atoms with van der Waals surface area (Å²) in [6.07, 6.45) is -0.503. The molecule has 7 nitrogen and oxygen atoms in total. The number of ether oxygens (including phenoxy) is 3. The van der Waals surface area contributed by atoms with Crippen molar-refractivity contribution in [3.63, 3.8) is 0 Å². The van der Waals surface area contributed by atoms with E-state index in [2.05, 4.69) is 10.6 Å². The van der Waals surface area contributed by atoms with Crippen LogP contribution in [-0.2, 0) is 23.8 Å². The summed E-state index contributed by atoms with van der Waals surface area (Å²) in [7, 11) is 0. The Kier molecular flexibility index (Phi) is 14.3. The summed E-state index contributed by atoms with van der Waals surface area (Å²) in [5.74, 6) is -0.443. The lowest BCUT2D eigenvalue weighted by molar-refractivity contribution is -0.127. The number of rotatable bonds is 15. The molecule has 0 aromatic rings. The van der Waals surface area contributed by atoms with Gasteiger partial charge >= 0.3 is 0 Å². The van der Waals surface area contributed by atoms with Crippen molar-refractivity contribution in [1.82, 2.24) is 10.6 Å². The van der Waals surface area contributed by atoms with E-state index < -0.39 is 6.17 Å². The quantitative estimate of drug-likeness (QED) is 0.428. The Hall–Kier alpha value is -1.25. The predicted molar refractivity (Wildman–Crippen MR) is 97.3 cm³/mol. The first-order chi connectivity index (χ1) is 11.9. The molecule has 0 radical (unpaired) electrons. The molecule has 2 unspecified atom stereocenters. The third-order valence-electron chi connectivity index (χ3n) is 3.34. The number of halogens is 1. The van der Waals surface area contributed by atoms with Gasteiger partial charge in [-0.2, -0.15) is 0 Å². The van der Waals surface area contributed by atoms with Gasteiger partial charge < -0.3 is 24.8 Å². The molecule has 8 heteroatoms. The number of nitrogens with one attached hydrogen (secondary N) is 2. The van der Waals surface area contributed by atoms with Crippen molar-refractivity contribution >= 4 is 11.8 Å². The smallest absolute Gasteiger partial charge is 0.246 e. The highest BCUT2D eigenvalue weighted by Crippen LogP contribution is 2.00.